The Bertz CT molecular complexity index is 1070. The zero-order chi connectivity index (χ0) is 23.8. The van der Waals surface area contributed by atoms with Gasteiger partial charge in [0.15, 0.2) is 0 Å². The fourth-order valence-corrected chi connectivity index (χ4v) is 4.42. The number of nitrogens with zero attached hydrogens (tertiary/aromatic N) is 1. The summed E-state index contributed by atoms with van der Waals surface area (Å²) in [5, 5.41) is 3.68. The Hall–Kier alpha value is -3.51. The molecule has 3 aromatic rings. The number of anilines is 1. The fourth-order valence-electron chi connectivity index (χ4n) is 4.42. The van der Waals surface area contributed by atoms with E-state index in [0.717, 1.165) is 29.2 Å². The van der Waals surface area contributed by atoms with Gasteiger partial charge < -0.3 is 24.4 Å². The number of ether oxygens (including phenoxy) is 3. The number of carbonyl (C=O) groups is 1. The van der Waals surface area contributed by atoms with Crippen molar-refractivity contribution in [1.29, 1.82) is 0 Å². The van der Waals surface area contributed by atoms with E-state index in [1.54, 1.807) is 7.11 Å². The maximum absolute atomic E-state index is 13.5. The van der Waals surface area contributed by atoms with Crippen molar-refractivity contribution in [2.45, 2.75) is 25.4 Å². The van der Waals surface area contributed by atoms with Crippen LogP contribution in [0.15, 0.2) is 78.9 Å². The highest BCUT2D eigenvalue weighted by Crippen LogP contribution is 2.40. The van der Waals surface area contributed by atoms with Crippen molar-refractivity contribution in [3.63, 3.8) is 0 Å². The summed E-state index contributed by atoms with van der Waals surface area (Å²) in [6.07, 6.45) is 1.47. The average Bonchev–Trinajstić information content (AvgIpc) is 2.89. The predicted molar refractivity (Wildman–Crippen MR) is 133 cm³/mol. The highest BCUT2D eigenvalue weighted by molar-refractivity contribution is 6.02. The molecular formula is C28H32N2O4. The molecule has 1 unspecified atom stereocenters. The molecule has 1 N–H and O–H groups in total. The second kappa shape index (κ2) is 11.1. The van der Waals surface area contributed by atoms with Crippen LogP contribution in [0.1, 0.15) is 35.7 Å². The molecular weight excluding hydrogens is 428 g/mol. The van der Waals surface area contributed by atoms with E-state index in [1.165, 1.54) is 0 Å². The third-order valence-electron chi connectivity index (χ3n) is 6.14. The van der Waals surface area contributed by atoms with Gasteiger partial charge in [-0.3, -0.25) is 4.79 Å². The van der Waals surface area contributed by atoms with Crippen LogP contribution in [0, 0.1) is 0 Å². The lowest BCUT2D eigenvalue weighted by molar-refractivity contribution is 0.0451. The third kappa shape index (κ3) is 5.02. The lowest BCUT2D eigenvalue weighted by Crippen LogP contribution is -2.57. The third-order valence-corrected chi connectivity index (χ3v) is 6.14. The number of para-hydroxylation sites is 2. The van der Waals surface area contributed by atoms with E-state index in [9.17, 15) is 4.79 Å². The van der Waals surface area contributed by atoms with Crippen molar-refractivity contribution in [3.05, 3.63) is 90.0 Å². The Kier molecular flexibility index (Phi) is 7.70. The SMILES string of the molecule is CCC1(c2ccc(OCCOc3ccccc3)cc2)Nc2ccccc2C(=O)N1CCCOC. The van der Waals surface area contributed by atoms with Crippen molar-refractivity contribution >= 4 is 11.6 Å². The first-order valence-electron chi connectivity index (χ1n) is 11.8. The minimum absolute atomic E-state index is 0.0330. The lowest BCUT2D eigenvalue weighted by atomic mass is 9.89. The summed E-state index contributed by atoms with van der Waals surface area (Å²) in [4.78, 5) is 15.5. The summed E-state index contributed by atoms with van der Waals surface area (Å²) >= 11 is 0. The molecule has 1 amide bonds. The first kappa shape index (κ1) is 23.6. The molecule has 0 saturated heterocycles. The summed E-state index contributed by atoms with van der Waals surface area (Å²) in [5.41, 5.74) is 1.93. The van der Waals surface area contributed by atoms with Gasteiger partial charge in [0.05, 0.1) is 5.56 Å². The maximum atomic E-state index is 13.5. The number of hydrogen-bond acceptors (Lipinski definition) is 5. The number of nitrogens with one attached hydrogen (secondary N) is 1. The highest BCUT2D eigenvalue weighted by Gasteiger charge is 2.44. The van der Waals surface area contributed by atoms with Crippen molar-refractivity contribution in [2.24, 2.45) is 0 Å². The molecule has 4 rings (SSSR count). The molecule has 0 aromatic heterocycles. The predicted octanol–water partition coefficient (Wildman–Crippen LogP) is 5.31. The van der Waals surface area contributed by atoms with Gasteiger partial charge >= 0.3 is 0 Å². The van der Waals surface area contributed by atoms with Crippen molar-refractivity contribution < 1.29 is 19.0 Å². The molecule has 1 heterocycles. The van der Waals surface area contributed by atoms with E-state index in [0.29, 0.717) is 38.3 Å². The minimum Gasteiger partial charge on any atom is -0.490 e. The molecule has 0 aliphatic carbocycles. The molecule has 1 atom stereocenters. The van der Waals surface area contributed by atoms with Gasteiger partial charge in [-0.15, -0.1) is 0 Å². The number of hydrogen-bond donors (Lipinski definition) is 1. The van der Waals surface area contributed by atoms with Crippen LogP contribution in [-0.2, 0) is 10.4 Å². The number of fused-ring (bicyclic) bond motifs is 1. The van der Waals surface area contributed by atoms with Gasteiger partial charge in [-0.1, -0.05) is 49.4 Å². The zero-order valence-corrected chi connectivity index (χ0v) is 19.8. The van der Waals surface area contributed by atoms with Gasteiger partial charge in [0.2, 0.25) is 0 Å². The Morgan fingerprint density at radius 3 is 2.15 bits per heavy atom. The van der Waals surface area contributed by atoms with Crippen molar-refractivity contribution in [1.82, 2.24) is 4.90 Å². The second-order valence-electron chi connectivity index (χ2n) is 8.22. The molecule has 3 aromatic carbocycles. The number of rotatable bonds is 11. The largest absolute Gasteiger partial charge is 0.490 e. The molecule has 1 aliphatic rings. The molecule has 0 spiro atoms. The topological polar surface area (TPSA) is 60.0 Å². The van der Waals surface area contributed by atoms with Crippen LogP contribution in [0.3, 0.4) is 0 Å². The quantitative estimate of drug-likeness (QED) is 0.393. The Morgan fingerprint density at radius 2 is 1.47 bits per heavy atom. The molecule has 6 heteroatoms. The molecule has 178 valence electrons. The van der Waals surface area contributed by atoms with Crippen LogP contribution in [-0.4, -0.2) is 44.3 Å². The lowest BCUT2D eigenvalue weighted by Gasteiger charge is -2.48. The van der Waals surface area contributed by atoms with Crippen LogP contribution >= 0.6 is 0 Å². The Morgan fingerprint density at radius 1 is 0.824 bits per heavy atom. The van der Waals surface area contributed by atoms with Crippen LogP contribution in [0.2, 0.25) is 0 Å². The van der Waals surface area contributed by atoms with Crippen LogP contribution in [0.5, 0.6) is 11.5 Å². The molecule has 1 aliphatic heterocycles. The van der Waals surface area contributed by atoms with Gasteiger partial charge in [0, 0.05) is 25.9 Å². The van der Waals surface area contributed by atoms with Crippen molar-refractivity contribution in [2.75, 3.05) is 38.8 Å². The number of carbonyl (C=O) groups excluding carboxylic acids is 1. The van der Waals surface area contributed by atoms with E-state index in [4.69, 9.17) is 14.2 Å². The van der Waals surface area contributed by atoms with Gasteiger partial charge in [-0.2, -0.15) is 0 Å². The highest BCUT2D eigenvalue weighted by atomic mass is 16.5. The summed E-state index contributed by atoms with van der Waals surface area (Å²) < 4.78 is 16.8. The van der Waals surface area contributed by atoms with Gasteiger partial charge in [0.25, 0.3) is 5.91 Å². The number of benzene rings is 3. The van der Waals surface area contributed by atoms with Gasteiger partial charge in [-0.05, 0) is 54.8 Å². The molecule has 0 saturated carbocycles. The van der Waals surface area contributed by atoms with E-state index in [-0.39, 0.29) is 5.91 Å². The standard InChI is InChI=1S/C28H32N2O4/c1-3-28(29-26-13-8-7-12-25(26)27(31)30(28)18-9-19-32-2)22-14-16-24(17-15-22)34-21-20-33-23-10-5-4-6-11-23/h4-8,10-17,29H,3,9,18-21H2,1-2H3. The molecule has 0 bridgehead atoms. The summed E-state index contributed by atoms with van der Waals surface area (Å²) in [5.74, 6) is 1.62. The Balaban J connectivity index is 1.50. The first-order valence-corrected chi connectivity index (χ1v) is 11.8. The summed E-state index contributed by atoms with van der Waals surface area (Å²) in [7, 11) is 1.68. The average molecular weight is 461 g/mol. The fraction of sp³-hybridized carbons (Fsp3) is 0.321. The minimum atomic E-state index is -0.645. The molecule has 34 heavy (non-hydrogen) atoms. The zero-order valence-electron chi connectivity index (χ0n) is 19.8. The molecule has 0 fully saturated rings. The summed E-state index contributed by atoms with van der Waals surface area (Å²) in [6.45, 7) is 4.20. The monoisotopic (exact) mass is 460 g/mol. The number of methoxy groups -OCH3 is 1. The van der Waals surface area contributed by atoms with Crippen molar-refractivity contribution in [3.8, 4) is 11.5 Å². The van der Waals surface area contributed by atoms with E-state index >= 15 is 0 Å². The normalized spacial score (nSPS) is 17.1. The van der Waals surface area contributed by atoms with Gasteiger partial charge in [0.1, 0.15) is 30.4 Å². The van der Waals surface area contributed by atoms with E-state index in [1.807, 2.05) is 83.8 Å². The smallest absolute Gasteiger partial charge is 0.258 e. The van der Waals surface area contributed by atoms with Crippen LogP contribution in [0.25, 0.3) is 0 Å². The first-order chi connectivity index (χ1) is 16.7. The van der Waals surface area contributed by atoms with E-state index < -0.39 is 5.66 Å². The number of amides is 1. The van der Waals surface area contributed by atoms with Crippen LogP contribution in [0.4, 0.5) is 5.69 Å². The van der Waals surface area contributed by atoms with E-state index in [2.05, 4.69) is 12.2 Å². The maximum Gasteiger partial charge on any atom is 0.258 e. The molecule has 0 radical (unpaired) electrons. The van der Waals surface area contributed by atoms with Gasteiger partial charge in [-0.25, -0.2) is 0 Å². The van der Waals surface area contributed by atoms with Crippen LogP contribution < -0.4 is 14.8 Å². The summed E-state index contributed by atoms with van der Waals surface area (Å²) in [6, 6.07) is 25.4. The second-order valence-corrected chi connectivity index (χ2v) is 8.22. The Labute approximate surface area is 201 Å². The molecule has 6 nitrogen and oxygen atoms in total.